The zero-order valence-electron chi connectivity index (χ0n) is 7.46. The van der Waals surface area contributed by atoms with E-state index in [-0.39, 0.29) is 0 Å². The maximum absolute atomic E-state index is 4.00. The smallest absolute Gasteiger partial charge is 0.191 e. The Morgan fingerprint density at radius 3 is 2.75 bits per heavy atom. The maximum Gasteiger partial charge on any atom is 0.191 e. The van der Waals surface area contributed by atoms with Crippen LogP contribution >= 0.6 is 11.8 Å². The van der Waals surface area contributed by atoms with Crippen LogP contribution < -0.4 is 0 Å². The van der Waals surface area contributed by atoms with Crippen molar-refractivity contribution in [2.75, 3.05) is 5.75 Å². The zero-order valence-corrected chi connectivity index (χ0v) is 8.27. The highest BCUT2D eigenvalue weighted by atomic mass is 32.2. The average molecular weight is 181 g/mol. The monoisotopic (exact) mass is 181 g/mol. The first-order valence-electron chi connectivity index (χ1n) is 3.64. The van der Waals surface area contributed by atoms with Gasteiger partial charge in [-0.2, -0.15) is 0 Å². The van der Waals surface area contributed by atoms with Crippen LogP contribution in [0.25, 0.3) is 0 Å². The van der Waals surface area contributed by atoms with Crippen molar-refractivity contribution in [3.8, 4) is 11.8 Å². The minimum Gasteiger partial charge on any atom is -0.309 e. The van der Waals surface area contributed by atoms with E-state index in [0.717, 1.165) is 16.7 Å². The summed E-state index contributed by atoms with van der Waals surface area (Å²) in [4.78, 5) is 0. The van der Waals surface area contributed by atoms with Crippen LogP contribution in [-0.4, -0.2) is 20.5 Å². The summed E-state index contributed by atoms with van der Waals surface area (Å²) in [6.07, 6.45) is 0. The van der Waals surface area contributed by atoms with Crippen molar-refractivity contribution < 1.29 is 0 Å². The normalized spacial score (nSPS) is 9.25. The Balaban J connectivity index is 2.61. The number of aromatic nitrogens is 3. The Hall–Kier alpha value is -0.950. The van der Waals surface area contributed by atoms with Gasteiger partial charge in [-0.15, -0.1) is 16.1 Å². The van der Waals surface area contributed by atoms with Gasteiger partial charge in [-0.1, -0.05) is 17.7 Å². The van der Waals surface area contributed by atoms with Crippen molar-refractivity contribution in [1.82, 2.24) is 14.8 Å². The van der Waals surface area contributed by atoms with Gasteiger partial charge in [0.2, 0.25) is 0 Å². The van der Waals surface area contributed by atoms with Gasteiger partial charge in [0.25, 0.3) is 0 Å². The van der Waals surface area contributed by atoms with Crippen molar-refractivity contribution in [3.63, 3.8) is 0 Å². The van der Waals surface area contributed by atoms with Crippen molar-refractivity contribution in [2.45, 2.75) is 19.0 Å². The molecule has 0 amide bonds. The minimum atomic E-state index is 0.780. The molecule has 1 heterocycles. The second kappa shape index (κ2) is 4.17. The molecule has 1 aromatic rings. The highest BCUT2D eigenvalue weighted by molar-refractivity contribution is 7.99. The van der Waals surface area contributed by atoms with Crippen LogP contribution in [0.2, 0.25) is 0 Å². The summed E-state index contributed by atoms with van der Waals surface area (Å²) >= 11 is 1.61. The van der Waals surface area contributed by atoms with Crippen LogP contribution in [0.1, 0.15) is 12.7 Å². The fourth-order valence-corrected chi connectivity index (χ4v) is 1.46. The Bertz CT molecular complexity index is 319. The molecule has 12 heavy (non-hydrogen) atoms. The molecule has 0 aliphatic rings. The van der Waals surface area contributed by atoms with Crippen LogP contribution in [-0.2, 0) is 7.05 Å². The molecule has 1 rings (SSSR count). The van der Waals surface area contributed by atoms with Crippen LogP contribution in [0, 0.1) is 18.8 Å². The molecule has 0 saturated heterocycles. The molecule has 64 valence electrons. The lowest BCUT2D eigenvalue weighted by atomic mass is 10.7. The van der Waals surface area contributed by atoms with Crippen LogP contribution in [0.4, 0.5) is 0 Å². The molecule has 0 unspecified atom stereocenters. The maximum atomic E-state index is 4.00. The van der Waals surface area contributed by atoms with E-state index in [1.165, 1.54) is 0 Å². The Labute approximate surface area is 76.6 Å². The lowest BCUT2D eigenvalue weighted by Crippen LogP contribution is -1.93. The fourth-order valence-electron chi connectivity index (χ4n) is 0.686. The Morgan fingerprint density at radius 2 is 2.25 bits per heavy atom. The standard InChI is InChI=1S/C8H11N3S/c1-4-5-6-12-8-10-9-7(2)11(8)3/h6H2,1-3H3. The highest BCUT2D eigenvalue weighted by Gasteiger charge is 2.02. The average Bonchev–Trinajstić information content (AvgIpc) is 2.36. The molecule has 0 aliphatic heterocycles. The van der Waals surface area contributed by atoms with E-state index < -0.39 is 0 Å². The van der Waals surface area contributed by atoms with E-state index in [1.54, 1.807) is 11.8 Å². The van der Waals surface area contributed by atoms with Crippen LogP contribution in [0.5, 0.6) is 0 Å². The predicted octanol–water partition coefficient (Wildman–Crippen LogP) is 1.24. The number of thioether (sulfide) groups is 1. The predicted molar refractivity (Wildman–Crippen MR) is 49.9 cm³/mol. The molecular formula is C8H11N3S. The first-order valence-corrected chi connectivity index (χ1v) is 4.62. The van der Waals surface area contributed by atoms with Gasteiger partial charge in [-0.05, 0) is 13.8 Å². The molecule has 4 heteroatoms. The van der Waals surface area contributed by atoms with E-state index in [4.69, 9.17) is 0 Å². The first kappa shape index (κ1) is 9.14. The topological polar surface area (TPSA) is 30.7 Å². The summed E-state index contributed by atoms with van der Waals surface area (Å²) in [6.45, 7) is 3.77. The molecule has 0 fully saturated rings. The molecule has 0 saturated carbocycles. The molecule has 0 spiro atoms. The van der Waals surface area contributed by atoms with Crippen molar-refractivity contribution in [3.05, 3.63) is 5.82 Å². The number of aryl methyl sites for hydroxylation is 1. The molecule has 3 nitrogen and oxygen atoms in total. The summed E-state index contributed by atoms with van der Waals surface area (Å²) in [5.41, 5.74) is 0. The van der Waals surface area contributed by atoms with Gasteiger partial charge < -0.3 is 4.57 Å². The quantitative estimate of drug-likeness (QED) is 0.508. The second-order valence-electron chi connectivity index (χ2n) is 2.30. The number of hydrogen-bond donors (Lipinski definition) is 0. The van der Waals surface area contributed by atoms with Crippen molar-refractivity contribution in [2.24, 2.45) is 7.05 Å². The van der Waals surface area contributed by atoms with E-state index in [2.05, 4.69) is 22.0 Å². The molecular weight excluding hydrogens is 170 g/mol. The van der Waals surface area contributed by atoms with E-state index in [0.29, 0.717) is 0 Å². The van der Waals surface area contributed by atoms with E-state index >= 15 is 0 Å². The molecule has 0 atom stereocenters. The molecule has 0 radical (unpaired) electrons. The van der Waals surface area contributed by atoms with Crippen molar-refractivity contribution in [1.29, 1.82) is 0 Å². The van der Waals surface area contributed by atoms with Gasteiger partial charge in [0.1, 0.15) is 5.82 Å². The Morgan fingerprint density at radius 1 is 1.50 bits per heavy atom. The van der Waals surface area contributed by atoms with Crippen LogP contribution in [0.3, 0.4) is 0 Å². The molecule has 0 aliphatic carbocycles. The summed E-state index contributed by atoms with van der Waals surface area (Å²) in [5, 5.41) is 8.86. The first-order chi connectivity index (χ1) is 5.75. The highest BCUT2D eigenvalue weighted by Crippen LogP contribution is 2.13. The zero-order chi connectivity index (χ0) is 8.97. The van der Waals surface area contributed by atoms with E-state index in [9.17, 15) is 0 Å². The molecule has 0 bridgehead atoms. The van der Waals surface area contributed by atoms with Gasteiger partial charge in [0.05, 0.1) is 5.75 Å². The lowest BCUT2D eigenvalue weighted by molar-refractivity contribution is 0.766. The lowest BCUT2D eigenvalue weighted by Gasteiger charge is -1.96. The van der Waals surface area contributed by atoms with Gasteiger partial charge in [0, 0.05) is 7.05 Å². The SMILES string of the molecule is CC#CCSc1nnc(C)n1C. The minimum absolute atomic E-state index is 0.780. The van der Waals surface area contributed by atoms with Gasteiger partial charge >= 0.3 is 0 Å². The summed E-state index contributed by atoms with van der Waals surface area (Å²) in [6, 6.07) is 0. The molecule has 0 N–H and O–H groups in total. The number of rotatable bonds is 2. The van der Waals surface area contributed by atoms with Gasteiger partial charge in [-0.3, -0.25) is 0 Å². The third-order valence-corrected chi connectivity index (χ3v) is 2.41. The van der Waals surface area contributed by atoms with Gasteiger partial charge in [0.15, 0.2) is 5.16 Å². The second-order valence-corrected chi connectivity index (χ2v) is 3.25. The fraction of sp³-hybridized carbons (Fsp3) is 0.500. The number of hydrogen-bond acceptors (Lipinski definition) is 3. The van der Waals surface area contributed by atoms with Crippen LogP contribution in [0.15, 0.2) is 5.16 Å². The molecule has 0 aromatic carbocycles. The summed E-state index contributed by atoms with van der Waals surface area (Å²) in [5.74, 6) is 7.51. The Kier molecular flexibility index (Phi) is 3.18. The van der Waals surface area contributed by atoms with Crippen molar-refractivity contribution >= 4 is 11.8 Å². The summed E-state index contributed by atoms with van der Waals surface area (Å²) in [7, 11) is 1.96. The molecule has 1 aromatic heterocycles. The largest absolute Gasteiger partial charge is 0.309 e. The van der Waals surface area contributed by atoms with E-state index in [1.807, 2.05) is 25.5 Å². The van der Waals surface area contributed by atoms with Gasteiger partial charge in [-0.25, -0.2) is 0 Å². The third-order valence-electron chi connectivity index (χ3n) is 1.50. The summed E-state index contributed by atoms with van der Waals surface area (Å²) < 4.78 is 1.96. The third kappa shape index (κ3) is 2.02. The number of nitrogens with zero attached hydrogens (tertiary/aromatic N) is 3.